The van der Waals surface area contributed by atoms with Crippen molar-refractivity contribution in [1.29, 1.82) is 0 Å². The van der Waals surface area contributed by atoms with Crippen molar-refractivity contribution >= 4 is 33.6 Å². The first kappa shape index (κ1) is 7.09. The average molecular weight is 258 g/mol. The van der Waals surface area contributed by atoms with E-state index in [1.165, 1.54) is 14.5 Å². The largest absolute Gasteiger partial charge is 0.345 e. The van der Waals surface area contributed by atoms with Crippen molar-refractivity contribution in [3.63, 3.8) is 0 Å². The second-order valence-corrected chi connectivity index (χ2v) is 3.65. The molecule has 0 atom stereocenters. The van der Waals surface area contributed by atoms with Gasteiger partial charge in [0.05, 0.1) is 0 Å². The second-order valence-electron chi connectivity index (χ2n) is 2.49. The summed E-state index contributed by atoms with van der Waals surface area (Å²) in [6, 6.07) is 2.03. The van der Waals surface area contributed by atoms with E-state index in [1.54, 1.807) is 0 Å². The summed E-state index contributed by atoms with van der Waals surface area (Å²) in [5.41, 5.74) is 2.26. The second kappa shape index (κ2) is 2.48. The Hall–Kier alpha value is -0.580. The molecule has 2 nitrogen and oxygen atoms in total. The molecule has 0 aliphatic heterocycles. The van der Waals surface area contributed by atoms with Crippen molar-refractivity contribution in [2.45, 2.75) is 6.92 Å². The summed E-state index contributed by atoms with van der Waals surface area (Å²) < 4.78 is 1.24. The molecule has 3 heteroatoms. The van der Waals surface area contributed by atoms with Gasteiger partial charge in [-0.25, -0.2) is 4.98 Å². The van der Waals surface area contributed by atoms with Gasteiger partial charge < -0.3 is 4.98 Å². The Bertz CT molecular complexity index is 392. The van der Waals surface area contributed by atoms with Gasteiger partial charge in [0, 0.05) is 21.4 Å². The third-order valence-electron chi connectivity index (χ3n) is 1.73. The predicted octanol–water partition coefficient (Wildman–Crippen LogP) is 2.48. The summed E-state index contributed by atoms with van der Waals surface area (Å²) in [5, 5.41) is 1.24. The molecule has 0 radical (unpaired) electrons. The first-order valence-corrected chi connectivity index (χ1v) is 4.45. The van der Waals surface area contributed by atoms with E-state index in [-0.39, 0.29) is 0 Å². The van der Waals surface area contributed by atoms with Crippen LogP contribution in [0.3, 0.4) is 0 Å². The van der Waals surface area contributed by atoms with E-state index < -0.39 is 0 Å². The van der Waals surface area contributed by atoms with Crippen LogP contribution in [0.5, 0.6) is 0 Å². The van der Waals surface area contributed by atoms with Crippen LogP contribution >= 0.6 is 22.6 Å². The number of aryl methyl sites for hydroxylation is 1. The molecule has 0 bridgehead atoms. The zero-order chi connectivity index (χ0) is 7.84. The van der Waals surface area contributed by atoms with Crippen molar-refractivity contribution in [1.82, 2.24) is 9.97 Å². The van der Waals surface area contributed by atoms with Crippen molar-refractivity contribution in [2.24, 2.45) is 0 Å². The first-order chi connectivity index (χ1) is 5.29. The van der Waals surface area contributed by atoms with Gasteiger partial charge in [0.1, 0.15) is 5.65 Å². The van der Waals surface area contributed by atoms with E-state index in [9.17, 15) is 0 Å². The number of rotatable bonds is 0. The topological polar surface area (TPSA) is 28.7 Å². The molecule has 0 fully saturated rings. The average Bonchev–Trinajstić information content (AvgIpc) is 2.34. The molecular formula is C8H7IN2. The van der Waals surface area contributed by atoms with Crippen LogP contribution < -0.4 is 0 Å². The van der Waals surface area contributed by atoms with Gasteiger partial charge >= 0.3 is 0 Å². The summed E-state index contributed by atoms with van der Waals surface area (Å²) in [5.74, 6) is 0. The van der Waals surface area contributed by atoms with Gasteiger partial charge in [-0.2, -0.15) is 0 Å². The van der Waals surface area contributed by atoms with Crippen LogP contribution in [0, 0.1) is 10.5 Å². The van der Waals surface area contributed by atoms with E-state index in [2.05, 4.69) is 39.5 Å². The van der Waals surface area contributed by atoms with E-state index in [0.29, 0.717) is 0 Å². The lowest BCUT2D eigenvalue weighted by Gasteiger charge is -1.93. The Morgan fingerprint density at radius 3 is 3.09 bits per heavy atom. The fourth-order valence-electron chi connectivity index (χ4n) is 1.17. The van der Waals surface area contributed by atoms with E-state index in [1.807, 2.05) is 18.5 Å². The minimum absolute atomic E-state index is 0.981. The van der Waals surface area contributed by atoms with Gasteiger partial charge in [-0.15, -0.1) is 0 Å². The van der Waals surface area contributed by atoms with Crippen LogP contribution in [-0.4, -0.2) is 9.97 Å². The fraction of sp³-hybridized carbons (Fsp3) is 0.125. The zero-order valence-electron chi connectivity index (χ0n) is 6.06. The van der Waals surface area contributed by atoms with Gasteiger partial charge in [0.2, 0.25) is 0 Å². The smallest absolute Gasteiger partial charge is 0.138 e. The molecule has 1 N–H and O–H groups in total. The molecule has 11 heavy (non-hydrogen) atoms. The Morgan fingerprint density at radius 2 is 2.36 bits per heavy atom. The molecule has 2 aromatic heterocycles. The number of pyridine rings is 1. The molecule has 0 amide bonds. The lowest BCUT2D eigenvalue weighted by atomic mass is 10.2. The highest BCUT2D eigenvalue weighted by Crippen LogP contribution is 2.20. The number of nitrogens with one attached hydrogen (secondary N) is 1. The number of H-pyrrole nitrogens is 1. The third-order valence-corrected chi connectivity index (χ3v) is 2.58. The van der Waals surface area contributed by atoms with Gasteiger partial charge in [0.25, 0.3) is 0 Å². The van der Waals surface area contributed by atoms with Gasteiger partial charge in [-0.1, -0.05) is 0 Å². The van der Waals surface area contributed by atoms with Gasteiger partial charge in [-0.05, 0) is 41.1 Å². The van der Waals surface area contributed by atoms with Crippen molar-refractivity contribution in [3.05, 3.63) is 27.6 Å². The number of aromatic nitrogens is 2. The Morgan fingerprint density at radius 1 is 1.55 bits per heavy atom. The number of aromatic amines is 1. The van der Waals surface area contributed by atoms with Crippen LogP contribution in [0.1, 0.15) is 5.56 Å². The van der Waals surface area contributed by atoms with Crippen LogP contribution in [0.15, 0.2) is 18.5 Å². The van der Waals surface area contributed by atoms with Crippen molar-refractivity contribution in [3.8, 4) is 0 Å². The summed E-state index contributed by atoms with van der Waals surface area (Å²) in [4.78, 5) is 7.31. The SMILES string of the molecule is Cc1ccnc2[nH]cc(I)c12. The maximum atomic E-state index is 4.20. The first-order valence-electron chi connectivity index (χ1n) is 3.37. The molecule has 2 heterocycles. The molecule has 0 saturated carbocycles. The number of hydrogen-bond donors (Lipinski definition) is 1. The number of fused-ring (bicyclic) bond motifs is 1. The van der Waals surface area contributed by atoms with E-state index >= 15 is 0 Å². The maximum Gasteiger partial charge on any atom is 0.138 e. The Balaban J connectivity index is 2.96. The lowest BCUT2D eigenvalue weighted by Crippen LogP contribution is -1.79. The highest BCUT2D eigenvalue weighted by atomic mass is 127. The fourth-order valence-corrected chi connectivity index (χ4v) is 2.01. The minimum atomic E-state index is 0.981. The van der Waals surface area contributed by atoms with Crippen molar-refractivity contribution in [2.75, 3.05) is 0 Å². The summed E-state index contributed by atoms with van der Waals surface area (Å²) in [6.45, 7) is 2.10. The molecule has 0 spiro atoms. The number of halogens is 1. The molecule has 2 rings (SSSR count). The quantitative estimate of drug-likeness (QED) is 0.722. The maximum absolute atomic E-state index is 4.20. The zero-order valence-corrected chi connectivity index (χ0v) is 8.21. The van der Waals surface area contributed by atoms with E-state index in [4.69, 9.17) is 0 Å². The molecule has 0 aliphatic carbocycles. The molecule has 0 saturated heterocycles. The minimum Gasteiger partial charge on any atom is -0.345 e. The summed E-state index contributed by atoms with van der Waals surface area (Å²) >= 11 is 2.31. The Kier molecular flexibility index (Phi) is 1.60. The molecule has 56 valence electrons. The molecule has 0 aromatic carbocycles. The van der Waals surface area contributed by atoms with Gasteiger partial charge in [0.15, 0.2) is 0 Å². The van der Waals surface area contributed by atoms with Crippen molar-refractivity contribution < 1.29 is 0 Å². The lowest BCUT2D eigenvalue weighted by molar-refractivity contribution is 1.31. The highest BCUT2D eigenvalue weighted by Gasteiger charge is 2.02. The highest BCUT2D eigenvalue weighted by molar-refractivity contribution is 14.1. The summed E-state index contributed by atoms with van der Waals surface area (Å²) in [6.07, 6.45) is 3.80. The van der Waals surface area contributed by atoms with Crippen LogP contribution in [-0.2, 0) is 0 Å². The standard InChI is InChI=1S/C8H7IN2/c1-5-2-3-10-8-7(5)6(9)4-11-8/h2-4H,1H3,(H,10,11). The monoisotopic (exact) mass is 258 g/mol. The predicted molar refractivity (Wildman–Crippen MR) is 53.5 cm³/mol. The molecule has 0 unspecified atom stereocenters. The number of nitrogens with zero attached hydrogens (tertiary/aromatic N) is 1. The molecule has 2 aromatic rings. The number of hydrogen-bond acceptors (Lipinski definition) is 1. The summed E-state index contributed by atoms with van der Waals surface area (Å²) in [7, 11) is 0. The third kappa shape index (κ3) is 1.03. The molecule has 0 aliphatic rings. The van der Waals surface area contributed by atoms with Crippen LogP contribution in [0.25, 0.3) is 11.0 Å². The normalized spacial score (nSPS) is 10.7. The van der Waals surface area contributed by atoms with Gasteiger partial charge in [-0.3, -0.25) is 0 Å². The van der Waals surface area contributed by atoms with Crippen LogP contribution in [0.2, 0.25) is 0 Å². The molecular weight excluding hydrogens is 251 g/mol. The van der Waals surface area contributed by atoms with E-state index in [0.717, 1.165) is 5.65 Å². The van der Waals surface area contributed by atoms with Crippen LogP contribution in [0.4, 0.5) is 0 Å². The Labute approximate surface area is 78.2 Å².